The zero-order chi connectivity index (χ0) is 14.0. The third kappa shape index (κ3) is 3.37. The summed E-state index contributed by atoms with van der Waals surface area (Å²) in [7, 11) is 0. The van der Waals surface area contributed by atoms with Crippen LogP contribution in [0.4, 0.5) is 0 Å². The highest BCUT2D eigenvalue weighted by Gasteiger charge is 2.25. The van der Waals surface area contributed by atoms with Crippen LogP contribution in [0.1, 0.15) is 40.7 Å². The van der Waals surface area contributed by atoms with Gasteiger partial charge >= 0.3 is 0 Å². The predicted octanol–water partition coefficient (Wildman–Crippen LogP) is 2.96. The third-order valence-electron chi connectivity index (χ3n) is 3.89. The lowest BCUT2D eigenvalue weighted by atomic mass is 10.0. The largest absolute Gasteiger partial charge is 0.393 e. The molecule has 4 heteroatoms. The number of aliphatic hydroxyl groups excluding tert-OH is 1. The van der Waals surface area contributed by atoms with Crippen molar-refractivity contribution < 1.29 is 9.90 Å². The lowest BCUT2D eigenvalue weighted by molar-refractivity contribution is 0.0916. The Morgan fingerprint density at radius 3 is 2.74 bits per heavy atom. The van der Waals surface area contributed by atoms with Crippen LogP contribution in [-0.2, 0) is 0 Å². The van der Waals surface area contributed by atoms with Gasteiger partial charge in [-0.25, -0.2) is 0 Å². The van der Waals surface area contributed by atoms with E-state index in [2.05, 4.69) is 21.2 Å². The first-order chi connectivity index (χ1) is 8.99. The second kappa shape index (κ2) is 6.06. The molecule has 1 aliphatic carbocycles. The first-order valence-electron chi connectivity index (χ1n) is 6.72. The molecule has 3 nitrogen and oxygen atoms in total. The maximum Gasteiger partial charge on any atom is 0.251 e. The van der Waals surface area contributed by atoms with E-state index in [-0.39, 0.29) is 17.9 Å². The summed E-state index contributed by atoms with van der Waals surface area (Å²) in [6, 6.07) is 3.87. The summed E-state index contributed by atoms with van der Waals surface area (Å²) in [6.07, 6.45) is 2.66. The first kappa shape index (κ1) is 14.5. The van der Waals surface area contributed by atoms with Gasteiger partial charge in [0.05, 0.1) is 6.10 Å². The first-order valence-corrected chi connectivity index (χ1v) is 7.51. The topological polar surface area (TPSA) is 49.3 Å². The highest BCUT2D eigenvalue weighted by atomic mass is 79.9. The summed E-state index contributed by atoms with van der Waals surface area (Å²) in [5, 5.41) is 12.7. The molecule has 1 aromatic rings. The van der Waals surface area contributed by atoms with Gasteiger partial charge in [0.25, 0.3) is 5.91 Å². The number of nitrogens with one attached hydrogen (secondary N) is 1. The fourth-order valence-corrected chi connectivity index (χ4v) is 3.06. The minimum absolute atomic E-state index is 0.0489. The molecule has 19 heavy (non-hydrogen) atoms. The molecule has 1 aliphatic rings. The molecule has 2 N–H and O–H groups in total. The predicted molar refractivity (Wildman–Crippen MR) is 79.3 cm³/mol. The Labute approximate surface area is 122 Å². The standard InChI is InChI=1S/C15H20BrNO2/c1-9-7-13(16)10(2)6-12(9)15(19)17-8-11-4-3-5-14(11)18/h6-7,11,14,18H,3-5,8H2,1-2H3,(H,17,19). The molecule has 2 unspecified atom stereocenters. The number of hydrogen-bond acceptors (Lipinski definition) is 2. The number of aryl methyl sites for hydroxylation is 2. The molecule has 1 fully saturated rings. The lowest BCUT2D eigenvalue weighted by Gasteiger charge is -2.16. The number of hydrogen-bond donors (Lipinski definition) is 2. The SMILES string of the molecule is Cc1cc(C(=O)NCC2CCCC2O)c(C)cc1Br. The zero-order valence-corrected chi connectivity index (χ0v) is 13.0. The Balaban J connectivity index is 2.02. The quantitative estimate of drug-likeness (QED) is 0.897. The minimum atomic E-state index is -0.256. The molecule has 0 spiro atoms. The van der Waals surface area contributed by atoms with E-state index < -0.39 is 0 Å². The van der Waals surface area contributed by atoms with E-state index in [0.29, 0.717) is 12.1 Å². The van der Waals surface area contributed by atoms with Gasteiger partial charge in [-0.1, -0.05) is 22.4 Å². The van der Waals surface area contributed by atoms with Crippen LogP contribution >= 0.6 is 15.9 Å². The number of carbonyl (C=O) groups is 1. The minimum Gasteiger partial charge on any atom is -0.393 e. The van der Waals surface area contributed by atoms with Gasteiger partial charge in [0, 0.05) is 22.5 Å². The van der Waals surface area contributed by atoms with Crippen molar-refractivity contribution in [2.75, 3.05) is 6.54 Å². The third-order valence-corrected chi connectivity index (χ3v) is 4.75. The Morgan fingerprint density at radius 2 is 2.11 bits per heavy atom. The van der Waals surface area contributed by atoms with Crippen LogP contribution in [0, 0.1) is 19.8 Å². The number of aliphatic hydroxyl groups is 1. The summed E-state index contributed by atoms with van der Waals surface area (Å²) in [5.41, 5.74) is 2.73. The molecule has 0 aromatic heterocycles. The van der Waals surface area contributed by atoms with E-state index in [0.717, 1.165) is 34.9 Å². The summed E-state index contributed by atoms with van der Waals surface area (Å²) in [5.74, 6) is 0.160. The van der Waals surface area contributed by atoms with Gasteiger partial charge in [0.1, 0.15) is 0 Å². The van der Waals surface area contributed by atoms with Crippen LogP contribution in [0.15, 0.2) is 16.6 Å². The number of amides is 1. The van der Waals surface area contributed by atoms with E-state index in [1.54, 1.807) is 0 Å². The van der Waals surface area contributed by atoms with Crippen LogP contribution in [-0.4, -0.2) is 23.7 Å². The van der Waals surface area contributed by atoms with Crippen molar-refractivity contribution in [3.8, 4) is 0 Å². The van der Waals surface area contributed by atoms with E-state index in [4.69, 9.17) is 0 Å². The van der Waals surface area contributed by atoms with E-state index >= 15 is 0 Å². The molecular weight excluding hydrogens is 306 g/mol. The highest BCUT2D eigenvalue weighted by molar-refractivity contribution is 9.10. The van der Waals surface area contributed by atoms with Crippen molar-refractivity contribution in [3.63, 3.8) is 0 Å². The van der Waals surface area contributed by atoms with Gasteiger partial charge in [0.2, 0.25) is 0 Å². The molecule has 1 saturated carbocycles. The van der Waals surface area contributed by atoms with Crippen LogP contribution < -0.4 is 5.32 Å². The number of carbonyl (C=O) groups excluding carboxylic acids is 1. The molecule has 0 radical (unpaired) electrons. The van der Waals surface area contributed by atoms with Crippen molar-refractivity contribution in [2.45, 2.75) is 39.2 Å². The summed E-state index contributed by atoms with van der Waals surface area (Å²) < 4.78 is 1.02. The molecule has 1 aromatic carbocycles. The molecule has 2 rings (SSSR count). The lowest BCUT2D eigenvalue weighted by Crippen LogP contribution is -2.32. The Hall–Kier alpha value is -0.870. The van der Waals surface area contributed by atoms with Gasteiger partial charge in [-0.3, -0.25) is 4.79 Å². The van der Waals surface area contributed by atoms with E-state index in [1.165, 1.54) is 0 Å². The number of rotatable bonds is 3. The van der Waals surface area contributed by atoms with Gasteiger partial charge in [-0.2, -0.15) is 0 Å². The summed E-state index contributed by atoms with van der Waals surface area (Å²) >= 11 is 3.47. The fraction of sp³-hybridized carbons (Fsp3) is 0.533. The molecule has 0 bridgehead atoms. The second-order valence-corrected chi connectivity index (χ2v) is 6.24. The molecule has 1 amide bonds. The average Bonchev–Trinajstić information content (AvgIpc) is 2.76. The van der Waals surface area contributed by atoms with Crippen molar-refractivity contribution in [1.29, 1.82) is 0 Å². The van der Waals surface area contributed by atoms with Gasteiger partial charge < -0.3 is 10.4 Å². The fourth-order valence-electron chi connectivity index (χ4n) is 2.60. The monoisotopic (exact) mass is 325 g/mol. The van der Waals surface area contributed by atoms with Crippen LogP contribution in [0.2, 0.25) is 0 Å². The number of halogens is 1. The molecule has 2 atom stereocenters. The van der Waals surface area contributed by atoms with Gasteiger partial charge in [-0.05, 0) is 49.9 Å². The molecule has 0 aliphatic heterocycles. The van der Waals surface area contributed by atoms with Crippen LogP contribution in [0.3, 0.4) is 0 Å². The van der Waals surface area contributed by atoms with Gasteiger partial charge in [-0.15, -0.1) is 0 Å². The Kier molecular flexibility index (Phi) is 4.63. The van der Waals surface area contributed by atoms with Crippen LogP contribution in [0.5, 0.6) is 0 Å². The van der Waals surface area contributed by atoms with Gasteiger partial charge in [0.15, 0.2) is 0 Å². The normalized spacial score (nSPS) is 22.5. The molecule has 0 saturated heterocycles. The Bertz CT molecular complexity index is 487. The molecular formula is C15H20BrNO2. The molecule has 0 heterocycles. The summed E-state index contributed by atoms with van der Waals surface area (Å²) in [6.45, 7) is 4.47. The molecule has 104 valence electrons. The van der Waals surface area contributed by atoms with E-state index in [1.807, 2.05) is 26.0 Å². The summed E-state index contributed by atoms with van der Waals surface area (Å²) in [4.78, 5) is 12.2. The maximum atomic E-state index is 12.2. The zero-order valence-electron chi connectivity index (χ0n) is 11.4. The smallest absolute Gasteiger partial charge is 0.251 e. The number of benzene rings is 1. The van der Waals surface area contributed by atoms with Crippen molar-refractivity contribution in [3.05, 3.63) is 33.3 Å². The average molecular weight is 326 g/mol. The van der Waals surface area contributed by atoms with Crippen molar-refractivity contribution in [2.24, 2.45) is 5.92 Å². The second-order valence-electron chi connectivity index (χ2n) is 5.38. The van der Waals surface area contributed by atoms with Crippen LogP contribution in [0.25, 0.3) is 0 Å². The Morgan fingerprint density at radius 1 is 1.37 bits per heavy atom. The van der Waals surface area contributed by atoms with Crippen molar-refractivity contribution >= 4 is 21.8 Å². The maximum absolute atomic E-state index is 12.2. The van der Waals surface area contributed by atoms with Crippen molar-refractivity contribution in [1.82, 2.24) is 5.32 Å². The highest BCUT2D eigenvalue weighted by Crippen LogP contribution is 2.25. The van der Waals surface area contributed by atoms with E-state index in [9.17, 15) is 9.90 Å².